The molecule has 0 amide bonds. The highest BCUT2D eigenvalue weighted by atomic mass is 16.6. The van der Waals surface area contributed by atoms with Gasteiger partial charge in [0.05, 0.1) is 19.8 Å². The Bertz CT molecular complexity index is 1430. The maximum Gasteiger partial charge on any atom is 0.355 e. The van der Waals surface area contributed by atoms with E-state index in [1.54, 1.807) is 31.4 Å². The number of H-pyrrole nitrogens is 1. The highest BCUT2D eigenvalue weighted by Crippen LogP contribution is 2.76. The molecule has 6 aliphatic rings. The quantitative estimate of drug-likeness (QED) is 0.346. The van der Waals surface area contributed by atoms with Crippen molar-refractivity contribution in [3.63, 3.8) is 0 Å². The van der Waals surface area contributed by atoms with Crippen LogP contribution in [0, 0.1) is 34.0 Å². The van der Waals surface area contributed by atoms with E-state index in [-0.39, 0.29) is 17.9 Å². The highest BCUT2D eigenvalue weighted by molar-refractivity contribution is 6.06. The lowest BCUT2D eigenvalue weighted by molar-refractivity contribution is -0.457. The number of benzene rings is 1. The molecule has 2 aliphatic heterocycles. The molecule has 208 valence electrons. The highest BCUT2D eigenvalue weighted by Gasteiger charge is 2.87. The van der Waals surface area contributed by atoms with Crippen LogP contribution in [0.1, 0.15) is 50.0 Å². The molecule has 8 rings (SSSR count). The average Bonchev–Trinajstić information content (AvgIpc) is 3.38. The van der Waals surface area contributed by atoms with Crippen LogP contribution >= 0.6 is 0 Å². The molecule has 2 saturated heterocycles. The van der Waals surface area contributed by atoms with Crippen molar-refractivity contribution < 1.29 is 39.1 Å². The number of Topliss-reactive ketones (excluding diaryl/α,β-unsaturated/α-hetero) is 1. The van der Waals surface area contributed by atoms with Crippen molar-refractivity contribution in [2.24, 2.45) is 34.0 Å². The van der Waals surface area contributed by atoms with E-state index >= 15 is 0 Å². The average molecular weight is 538 g/mol. The van der Waals surface area contributed by atoms with Crippen LogP contribution in [0.25, 0.3) is 10.9 Å². The Hall–Kier alpha value is -2.72. The number of ether oxygens (including phenoxy) is 3. The van der Waals surface area contributed by atoms with Gasteiger partial charge in [0.1, 0.15) is 29.1 Å². The number of carbonyl (C=O) groups excluding carboxylic acids is 2. The van der Waals surface area contributed by atoms with E-state index in [0.29, 0.717) is 36.9 Å². The minimum Gasteiger partial charge on any atom is -0.497 e. The molecule has 3 heterocycles. The summed E-state index contributed by atoms with van der Waals surface area (Å²) in [6.07, 6.45) is -1.19. The topological polar surface area (TPSA) is 138 Å². The number of esters is 1. The van der Waals surface area contributed by atoms with Crippen LogP contribution in [0.4, 0.5) is 0 Å². The Morgan fingerprint density at radius 2 is 1.95 bits per heavy atom. The van der Waals surface area contributed by atoms with E-state index in [1.807, 2.05) is 13.8 Å². The number of aromatic amines is 1. The molecule has 2 spiro atoms. The smallest absolute Gasteiger partial charge is 0.355 e. The van der Waals surface area contributed by atoms with E-state index in [0.717, 1.165) is 5.39 Å². The summed E-state index contributed by atoms with van der Waals surface area (Å²) >= 11 is 0. The molecule has 9 nitrogen and oxygen atoms in total. The van der Waals surface area contributed by atoms with Gasteiger partial charge in [-0.15, -0.1) is 0 Å². The van der Waals surface area contributed by atoms with Gasteiger partial charge in [-0.1, -0.05) is 20.4 Å². The summed E-state index contributed by atoms with van der Waals surface area (Å²) in [5, 5.41) is 36.5. The number of aliphatic hydroxyl groups is 3. The predicted molar refractivity (Wildman–Crippen MR) is 139 cm³/mol. The monoisotopic (exact) mass is 537 g/mol. The molecular weight excluding hydrogens is 502 g/mol. The van der Waals surface area contributed by atoms with E-state index in [9.17, 15) is 24.9 Å². The zero-order valence-electron chi connectivity index (χ0n) is 22.4. The first-order valence-electron chi connectivity index (χ1n) is 13.8. The summed E-state index contributed by atoms with van der Waals surface area (Å²) in [5.74, 6) is -4.34. The van der Waals surface area contributed by atoms with Crippen molar-refractivity contribution in [3.05, 3.63) is 42.1 Å². The molecule has 1 aromatic heterocycles. The number of nitrogens with one attached hydrogen (secondary N) is 1. The van der Waals surface area contributed by atoms with Gasteiger partial charge in [0.15, 0.2) is 5.78 Å². The Morgan fingerprint density at radius 1 is 1.18 bits per heavy atom. The van der Waals surface area contributed by atoms with Crippen LogP contribution in [0.15, 0.2) is 36.4 Å². The van der Waals surface area contributed by atoms with Gasteiger partial charge >= 0.3 is 5.97 Å². The summed E-state index contributed by atoms with van der Waals surface area (Å²) in [4.78, 5) is 30.9. The summed E-state index contributed by atoms with van der Waals surface area (Å²) in [7, 11) is 1.56. The van der Waals surface area contributed by atoms with Crippen molar-refractivity contribution in [1.29, 1.82) is 0 Å². The van der Waals surface area contributed by atoms with Gasteiger partial charge in [-0.25, -0.2) is 4.79 Å². The number of rotatable bonds is 3. The summed E-state index contributed by atoms with van der Waals surface area (Å²) in [6.45, 7) is 8.16. The molecule has 4 aliphatic carbocycles. The predicted octanol–water partition coefficient (Wildman–Crippen LogP) is 2.73. The number of aromatic nitrogens is 1. The normalized spacial score (nSPS) is 43.7. The molecule has 2 aromatic rings. The van der Waals surface area contributed by atoms with Crippen LogP contribution in [-0.4, -0.2) is 69.9 Å². The van der Waals surface area contributed by atoms with E-state index < -0.39 is 69.9 Å². The van der Waals surface area contributed by atoms with Gasteiger partial charge < -0.3 is 34.5 Å². The molecule has 9 heteroatoms. The Labute approximate surface area is 226 Å². The minimum absolute atomic E-state index is 0.0250. The second-order valence-corrected chi connectivity index (χ2v) is 13.0. The molecule has 9 atom stereocenters. The maximum atomic E-state index is 14.2. The summed E-state index contributed by atoms with van der Waals surface area (Å²) in [6, 6.07) is 7.03. The molecule has 1 aromatic carbocycles. The van der Waals surface area contributed by atoms with Crippen LogP contribution < -0.4 is 4.74 Å². The molecule has 39 heavy (non-hydrogen) atoms. The fourth-order valence-corrected chi connectivity index (χ4v) is 9.56. The zero-order valence-corrected chi connectivity index (χ0v) is 22.4. The standard InChI is InChI=1S/C30H35NO8/c1-14-17-6-8-20-28-13-38-30(36,24(34)22(28)27(2,3)10-9-21(28)32)29(20,23(14)33)25(17)39-26(35)19-12-15-11-16(37-4)5-7-18(15)31-19/h5,7,11-12,17,20-22,24-25,31-32,34,36H,1,6,8-10,13H2,2-4H3/t17-,20-,21-,22+,24-,25+,28+,29-,30-/m0/s1. The number of carbonyl (C=O) groups is 2. The SMILES string of the molecule is C=C1C(=O)[C@]23[C@H](OC(=O)c4cc5cc(OC)ccc5[nH]4)[C@H]1CC[C@H]2[C@@]12CO[C@@]3(O)[C@@H](O)[C@@H]1C(C)(C)CC[C@@H]2O. The maximum absolute atomic E-state index is 14.2. The van der Waals surface area contributed by atoms with Gasteiger partial charge in [0, 0.05) is 28.2 Å². The fourth-order valence-electron chi connectivity index (χ4n) is 9.56. The second kappa shape index (κ2) is 7.72. The third-order valence-electron chi connectivity index (χ3n) is 11.1. The van der Waals surface area contributed by atoms with Crippen molar-refractivity contribution >= 4 is 22.7 Å². The molecule has 4 N–H and O–H groups in total. The van der Waals surface area contributed by atoms with Crippen LogP contribution in [0.2, 0.25) is 0 Å². The van der Waals surface area contributed by atoms with Crippen LogP contribution in [0.3, 0.4) is 0 Å². The largest absolute Gasteiger partial charge is 0.497 e. The van der Waals surface area contributed by atoms with Gasteiger partial charge in [0.2, 0.25) is 5.79 Å². The van der Waals surface area contributed by atoms with Crippen molar-refractivity contribution in [3.8, 4) is 5.75 Å². The number of fused-ring (bicyclic) bond motifs is 3. The molecule has 6 fully saturated rings. The molecule has 0 unspecified atom stereocenters. The number of ketones is 1. The Kier molecular flexibility index (Phi) is 5.00. The Morgan fingerprint density at radius 3 is 2.69 bits per heavy atom. The van der Waals surface area contributed by atoms with Gasteiger partial charge in [0.25, 0.3) is 0 Å². The van der Waals surface area contributed by atoms with Crippen LogP contribution in [0.5, 0.6) is 5.75 Å². The number of hydrogen-bond donors (Lipinski definition) is 4. The van der Waals surface area contributed by atoms with Crippen molar-refractivity contribution in [1.82, 2.24) is 4.98 Å². The first-order valence-corrected chi connectivity index (χ1v) is 13.8. The third-order valence-corrected chi connectivity index (χ3v) is 11.1. The molecule has 0 radical (unpaired) electrons. The number of aliphatic hydroxyl groups excluding tert-OH is 2. The zero-order chi connectivity index (χ0) is 27.7. The number of hydrogen-bond acceptors (Lipinski definition) is 8. The van der Waals surface area contributed by atoms with E-state index in [2.05, 4.69) is 11.6 Å². The second-order valence-electron chi connectivity index (χ2n) is 13.0. The first kappa shape index (κ1) is 25.3. The van der Waals surface area contributed by atoms with Crippen LogP contribution in [-0.2, 0) is 14.3 Å². The minimum atomic E-state index is -2.29. The lowest BCUT2D eigenvalue weighted by Crippen LogP contribution is -2.85. The first-order chi connectivity index (χ1) is 18.4. The summed E-state index contributed by atoms with van der Waals surface area (Å²) in [5.41, 5.74) is -1.97. The molecule has 4 saturated carbocycles. The lowest BCUT2D eigenvalue weighted by atomic mass is 9.35. The van der Waals surface area contributed by atoms with Gasteiger partial charge in [-0.05, 0) is 66.9 Å². The summed E-state index contributed by atoms with van der Waals surface area (Å²) < 4.78 is 17.5. The van der Waals surface area contributed by atoms with Crippen molar-refractivity contribution in [2.75, 3.05) is 13.7 Å². The van der Waals surface area contributed by atoms with E-state index in [1.165, 1.54) is 0 Å². The Balaban J connectivity index is 1.35. The number of methoxy groups -OCH3 is 1. The molecular formula is C30H35NO8. The van der Waals surface area contributed by atoms with Crippen molar-refractivity contribution in [2.45, 2.75) is 63.6 Å². The van der Waals surface area contributed by atoms with Gasteiger partial charge in [-0.2, -0.15) is 0 Å². The molecule has 4 bridgehead atoms. The fraction of sp³-hybridized carbons (Fsp3) is 0.600. The van der Waals surface area contributed by atoms with E-state index in [4.69, 9.17) is 14.2 Å². The third kappa shape index (κ3) is 2.75. The van der Waals surface area contributed by atoms with Gasteiger partial charge in [-0.3, -0.25) is 4.79 Å². The lowest BCUT2D eigenvalue weighted by Gasteiger charge is -2.74.